The van der Waals surface area contributed by atoms with Crippen LogP contribution in [0, 0.1) is 5.92 Å². The Morgan fingerprint density at radius 1 is 0.966 bits per heavy atom. The summed E-state index contributed by atoms with van der Waals surface area (Å²) < 4.78 is 0. The molecule has 0 spiro atoms. The number of carbonyl (C=O) groups is 2. The number of nitrogens with one attached hydrogen (secondary N) is 2. The second kappa shape index (κ2) is 8.93. The van der Waals surface area contributed by atoms with E-state index in [0.717, 1.165) is 16.7 Å². The standard InChI is InChI=1S/C23H22N4O2/c1-15(2)22(28)27-21-13-18(9-12-25-21)23(29)26-20-14-24-11-10-19(20)16(3)17-7-5-4-6-8-17/h4-15H,3H2,1-2H3,(H,26,29)(H,25,27,28). The SMILES string of the molecule is C=C(c1ccccc1)c1ccncc1NC(=O)c1ccnc(NC(=O)C(C)C)c1. The lowest BCUT2D eigenvalue weighted by molar-refractivity contribution is -0.118. The first-order chi connectivity index (χ1) is 14.0. The minimum atomic E-state index is -0.331. The summed E-state index contributed by atoms with van der Waals surface area (Å²) in [5, 5.41) is 5.57. The molecule has 0 saturated carbocycles. The molecule has 3 rings (SSSR count). The number of aromatic nitrogens is 2. The van der Waals surface area contributed by atoms with E-state index >= 15 is 0 Å². The van der Waals surface area contributed by atoms with E-state index in [-0.39, 0.29) is 17.7 Å². The van der Waals surface area contributed by atoms with Crippen molar-refractivity contribution < 1.29 is 9.59 Å². The van der Waals surface area contributed by atoms with Gasteiger partial charge in [-0.2, -0.15) is 0 Å². The number of amides is 2. The Labute approximate surface area is 169 Å². The van der Waals surface area contributed by atoms with Gasteiger partial charge in [-0.25, -0.2) is 4.98 Å². The number of carbonyl (C=O) groups excluding carboxylic acids is 2. The molecule has 2 heterocycles. The number of hydrogen-bond donors (Lipinski definition) is 2. The summed E-state index contributed by atoms with van der Waals surface area (Å²) in [7, 11) is 0. The lowest BCUT2D eigenvalue weighted by atomic mass is 9.99. The predicted molar refractivity (Wildman–Crippen MR) is 114 cm³/mol. The van der Waals surface area contributed by atoms with Crippen LogP contribution in [0.5, 0.6) is 0 Å². The van der Waals surface area contributed by atoms with Crippen LogP contribution in [-0.4, -0.2) is 21.8 Å². The van der Waals surface area contributed by atoms with Crippen molar-refractivity contribution >= 4 is 28.9 Å². The highest BCUT2D eigenvalue weighted by Gasteiger charge is 2.14. The van der Waals surface area contributed by atoms with Gasteiger partial charge in [0, 0.05) is 29.4 Å². The molecule has 146 valence electrons. The highest BCUT2D eigenvalue weighted by atomic mass is 16.2. The molecular formula is C23H22N4O2. The fourth-order valence-electron chi connectivity index (χ4n) is 2.66. The van der Waals surface area contributed by atoms with Crippen molar-refractivity contribution in [1.29, 1.82) is 0 Å². The lowest BCUT2D eigenvalue weighted by Gasteiger charge is -2.13. The van der Waals surface area contributed by atoms with E-state index in [1.165, 1.54) is 12.3 Å². The molecule has 0 saturated heterocycles. The van der Waals surface area contributed by atoms with E-state index < -0.39 is 0 Å². The number of anilines is 2. The first-order valence-electron chi connectivity index (χ1n) is 9.22. The average molecular weight is 386 g/mol. The number of nitrogens with zero attached hydrogens (tertiary/aromatic N) is 2. The van der Waals surface area contributed by atoms with Crippen molar-refractivity contribution in [2.24, 2.45) is 5.92 Å². The number of hydrogen-bond acceptors (Lipinski definition) is 4. The third-order valence-electron chi connectivity index (χ3n) is 4.31. The van der Waals surface area contributed by atoms with Crippen LogP contribution in [0.15, 0.2) is 73.7 Å². The van der Waals surface area contributed by atoms with Crippen LogP contribution in [0.3, 0.4) is 0 Å². The van der Waals surface area contributed by atoms with E-state index in [9.17, 15) is 9.59 Å². The number of pyridine rings is 2. The van der Waals surface area contributed by atoms with Crippen molar-refractivity contribution in [3.63, 3.8) is 0 Å². The molecule has 3 aromatic rings. The van der Waals surface area contributed by atoms with Gasteiger partial charge >= 0.3 is 0 Å². The molecule has 0 aliphatic heterocycles. The minimum Gasteiger partial charge on any atom is -0.320 e. The van der Waals surface area contributed by atoms with Gasteiger partial charge in [-0.3, -0.25) is 14.6 Å². The van der Waals surface area contributed by atoms with Crippen molar-refractivity contribution in [1.82, 2.24) is 9.97 Å². The second-order valence-corrected chi connectivity index (χ2v) is 6.79. The summed E-state index contributed by atoms with van der Waals surface area (Å²) in [6.45, 7) is 7.74. The van der Waals surface area contributed by atoms with Crippen LogP contribution in [0.2, 0.25) is 0 Å². The molecule has 0 unspecified atom stereocenters. The highest BCUT2D eigenvalue weighted by molar-refractivity contribution is 6.06. The monoisotopic (exact) mass is 386 g/mol. The summed E-state index contributed by atoms with van der Waals surface area (Å²) in [6, 6.07) is 14.7. The number of benzene rings is 1. The molecule has 29 heavy (non-hydrogen) atoms. The Hall–Kier alpha value is -3.80. The minimum absolute atomic E-state index is 0.163. The maximum Gasteiger partial charge on any atom is 0.255 e. The molecule has 1 aromatic carbocycles. The fourth-order valence-corrected chi connectivity index (χ4v) is 2.66. The molecule has 0 aliphatic rings. The predicted octanol–water partition coefficient (Wildman–Crippen LogP) is 4.38. The first kappa shape index (κ1) is 19.9. The normalized spacial score (nSPS) is 10.4. The van der Waals surface area contributed by atoms with E-state index in [4.69, 9.17) is 0 Å². The first-order valence-corrected chi connectivity index (χ1v) is 9.22. The Morgan fingerprint density at radius 3 is 2.45 bits per heavy atom. The summed E-state index contributed by atoms with van der Waals surface area (Å²) >= 11 is 0. The maximum absolute atomic E-state index is 12.8. The van der Waals surface area contributed by atoms with Gasteiger partial charge in [-0.1, -0.05) is 50.8 Å². The van der Waals surface area contributed by atoms with Gasteiger partial charge in [0.15, 0.2) is 0 Å². The van der Waals surface area contributed by atoms with E-state index in [1.807, 2.05) is 36.4 Å². The quantitative estimate of drug-likeness (QED) is 0.658. The Balaban J connectivity index is 1.82. The number of rotatable bonds is 6. The van der Waals surface area contributed by atoms with Crippen molar-refractivity contribution in [3.8, 4) is 0 Å². The Bertz CT molecular complexity index is 1050. The Morgan fingerprint density at radius 2 is 1.72 bits per heavy atom. The molecule has 0 atom stereocenters. The molecule has 6 heteroatoms. The van der Waals surface area contributed by atoms with Gasteiger partial charge in [-0.05, 0) is 29.3 Å². The van der Waals surface area contributed by atoms with Crippen molar-refractivity contribution in [2.75, 3.05) is 10.6 Å². The average Bonchev–Trinajstić information content (AvgIpc) is 2.74. The van der Waals surface area contributed by atoms with Gasteiger partial charge in [0.1, 0.15) is 5.82 Å². The third-order valence-corrected chi connectivity index (χ3v) is 4.31. The maximum atomic E-state index is 12.8. The smallest absolute Gasteiger partial charge is 0.255 e. The van der Waals surface area contributed by atoms with E-state index in [2.05, 4.69) is 27.2 Å². The topological polar surface area (TPSA) is 84.0 Å². The zero-order chi connectivity index (χ0) is 20.8. The summed E-state index contributed by atoms with van der Waals surface area (Å²) in [5.74, 6) is -0.348. The van der Waals surface area contributed by atoms with Gasteiger partial charge in [0.05, 0.1) is 11.9 Å². The van der Waals surface area contributed by atoms with Gasteiger partial charge in [0.2, 0.25) is 5.91 Å². The van der Waals surface area contributed by atoms with Crippen molar-refractivity contribution in [3.05, 3.63) is 90.4 Å². The van der Waals surface area contributed by atoms with Crippen LogP contribution in [0.4, 0.5) is 11.5 Å². The summed E-state index contributed by atoms with van der Waals surface area (Å²) in [5.41, 5.74) is 3.44. The van der Waals surface area contributed by atoms with E-state index in [0.29, 0.717) is 17.1 Å². The second-order valence-electron chi connectivity index (χ2n) is 6.79. The molecule has 6 nitrogen and oxygen atoms in total. The van der Waals surface area contributed by atoms with Gasteiger partial charge in [-0.15, -0.1) is 0 Å². The zero-order valence-electron chi connectivity index (χ0n) is 16.3. The van der Waals surface area contributed by atoms with Crippen LogP contribution in [-0.2, 0) is 4.79 Å². The van der Waals surface area contributed by atoms with Crippen LogP contribution in [0.25, 0.3) is 5.57 Å². The molecule has 2 N–H and O–H groups in total. The van der Waals surface area contributed by atoms with Crippen molar-refractivity contribution in [2.45, 2.75) is 13.8 Å². The highest BCUT2D eigenvalue weighted by Crippen LogP contribution is 2.27. The van der Waals surface area contributed by atoms with Crippen LogP contribution >= 0.6 is 0 Å². The summed E-state index contributed by atoms with van der Waals surface area (Å²) in [6.07, 6.45) is 4.73. The fraction of sp³-hybridized carbons (Fsp3) is 0.130. The lowest BCUT2D eigenvalue weighted by Crippen LogP contribution is -2.19. The van der Waals surface area contributed by atoms with Gasteiger partial charge in [0.25, 0.3) is 5.91 Å². The zero-order valence-corrected chi connectivity index (χ0v) is 16.3. The molecule has 0 aliphatic carbocycles. The third kappa shape index (κ3) is 4.93. The van der Waals surface area contributed by atoms with E-state index in [1.54, 1.807) is 32.3 Å². The molecule has 0 bridgehead atoms. The molecule has 0 fully saturated rings. The van der Waals surface area contributed by atoms with Crippen LogP contribution in [0.1, 0.15) is 35.3 Å². The molecule has 2 amide bonds. The van der Waals surface area contributed by atoms with Gasteiger partial charge < -0.3 is 10.6 Å². The largest absolute Gasteiger partial charge is 0.320 e. The molecule has 0 radical (unpaired) electrons. The molecule has 2 aromatic heterocycles. The summed E-state index contributed by atoms with van der Waals surface area (Å²) in [4.78, 5) is 32.9. The Kier molecular flexibility index (Phi) is 6.14. The van der Waals surface area contributed by atoms with Crippen LogP contribution < -0.4 is 10.6 Å². The molecular weight excluding hydrogens is 364 g/mol.